The molecule has 18 heavy (non-hydrogen) atoms. The minimum absolute atomic E-state index is 0.283. The van der Waals surface area contributed by atoms with E-state index in [4.69, 9.17) is 5.73 Å². The molecule has 0 bridgehead atoms. The summed E-state index contributed by atoms with van der Waals surface area (Å²) in [5, 5.41) is 0. The van der Waals surface area contributed by atoms with Crippen molar-refractivity contribution in [2.75, 3.05) is 33.2 Å². The first-order valence-corrected chi connectivity index (χ1v) is 7.12. The second kappa shape index (κ2) is 7.10. The molecule has 1 amide bonds. The van der Waals surface area contributed by atoms with Gasteiger partial charge in [0.15, 0.2) is 0 Å². The first-order valence-electron chi connectivity index (χ1n) is 7.12. The standard InChI is InChI=1S/C14H29N3O/c1-11(2)7-13(9-15)8-14(18)17-6-5-16(4)12(3)10-17/h11-13H,5-10,15H2,1-4H3/t12?,13-/m0/s1. The topological polar surface area (TPSA) is 49.6 Å². The Morgan fingerprint density at radius 1 is 1.39 bits per heavy atom. The number of carbonyl (C=O) groups excluding carboxylic acids is 1. The van der Waals surface area contributed by atoms with Gasteiger partial charge >= 0.3 is 0 Å². The quantitative estimate of drug-likeness (QED) is 0.802. The highest BCUT2D eigenvalue weighted by Crippen LogP contribution is 2.17. The molecule has 0 radical (unpaired) electrons. The van der Waals surface area contributed by atoms with Gasteiger partial charge in [-0.2, -0.15) is 0 Å². The number of rotatable bonds is 5. The Morgan fingerprint density at radius 2 is 2.06 bits per heavy atom. The van der Waals surface area contributed by atoms with Gasteiger partial charge in [-0.3, -0.25) is 4.79 Å². The average Bonchev–Trinajstić information content (AvgIpc) is 2.31. The maximum absolute atomic E-state index is 12.3. The molecular formula is C14H29N3O. The normalized spacial score (nSPS) is 23.4. The van der Waals surface area contributed by atoms with Crippen molar-refractivity contribution in [2.24, 2.45) is 17.6 Å². The smallest absolute Gasteiger partial charge is 0.222 e. The molecule has 4 nitrogen and oxygen atoms in total. The molecule has 1 saturated heterocycles. The fourth-order valence-electron chi connectivity index (χ4n) is 2.58. The van der Waals surface area contributed by atoms with Crippen LogP contribution in [0.5, 0.6) is 0 Å². The SMILES string of the molecule is CC(C)C[C@H](CN)CC(=O)N1CCN(C)C(C)C1. The summed E-state index contributed by atoms with van der Waals surface area (Å²) in [7, 11) is 2.12. The molecule has 106 valence electrons. The minimum Gasteiger partial charge on any atom is -0.340 e. The molecule has 1 rings (SSSR count). The van der Waals surface area contributed by atoms with Gasteiger partial charge in [-0.25, -0.2) is 0 Å². The number of hydrogen-bond donors (Lipinski definition) is 1. The van der Waals surface area contributed by atoms with Gasteiger partial charge in [-0.1, -0.05) is 13.8 Å². The molecule has 0 aliphatic carbocycles. The fourth-order valence-corrected chi connectivity index (χ4v) is 2.58. The number of hydrogen-bond acceptors (Lipinski definition) is 3. The van der Waals surface area contributed by atoms with Crippen molar-refractivity contribution in [1.82, 2.24) is 9.80 Å². The van der Waals surface area contributed by atoms with E-state index in [0.29, 0.717) is 30.8 Å². The lowest BCUT2D eigenvalue weighted by Crippen LogP contribution is -2.52. The Bertz CT molecular complexity index is 268. The van der Waals surface area contributed by atoms with Crippen molar-refractivity contribution in [1.29, 1.82) is 0 Å². The van der Waals surface area contributed by atoms with Crippen molar-refractivity contribution in [3.63, 3.8) is 0 Å². The third-order valence-corrected chi connectivity index (χ3v) is 3.91. The summed E-state index contributed by atoms with van der Waals surface area (Å²) >= 11 is 0. The number of nitrogens with zero attached hydrogens (tertiary/aromatic N) is 2. The summed E-state index contributed by atoms with van der Waals surface area (Å²) in [4.78, 5) is 16.6. The Morgan fingerprint density at radius 3 is 2.56 bits per heavy atom. The van der Waals surface area contributed by atoms with Crippen molar-refractivity contribution < 1.29 is 4.79 Å². The van der Waals surface area contributed by atoms with Crippen LogP contribution < -0.4 is 5.73 Å². The Hall–Kier alpha value is -0.610. The lowest BCUT2D eigenvalue weighted by atomic mass is 9.93. The van der Waals surface area contributed by atoms with Crippen LogP contribution in [0.3, 0.4) is 0 Å². The largest absolute Gasteiger partial charge is 0.340 e. The summed E-state index contributed by atoms with van der Waals surface area (Å²) < 4.78 is 0. The molecule has 0 aromatic heterocycles. The molecule has 0 aromatic carbocycles. The molecule has 1 unspecified atom stereocenters. The van der Waals surface area contributed by atoms with E-state index >= 15 is 0 Å². The second-order valence-corrected chi connectivity index (χ2v) is 6.10. The van der Waals surface area contributed by atoms with E-state index in [2.05, 4.69) is 32.7 Å². The van der Waals surface area contributed by atoms with Crippen LogP contribution in [-0.2, 0) is 4.79 Å². The highest BCUT2D eigenvalue weighted by molar-refractivity contribution is 5.76. The number of nitrogens with two attached hydrogens (primary N) is 1. The highest BCUT2D eigenvalue weighted by Gasteiger charge is 2.25. The molecule has 2 N–H and O–H groups in total. The van der Waals surface area contributed by atoms with Crippen LogP contribution in [0, 0.1) is 11.8 Å². The highest BCUT2D eigenvalue weighted by atomic mass is 16.2. The summed E-state index contributed by atoms with van der Waals surface area (Å²) in [6.07, 6.45) is 1.66. The Labute approximate surface area is 111 Å². The summed E-state index contributed by atoms with van der Waals surface area (Å²) in [5.41, 5.74) is 5.77. The zero-order valence-corrected chi connectivity index (χ0v) is 12.4. The Kier molecular flexibility index (Phi) is 6.09. The van der Waals surface area contributed by atoms with Crippen LogP contribution >= 0.6 is 0 Å². The van der Waals surface area contributed by atoms with E-state index in [1.165, 1.54) is 0 Å². The molecule has 1 heterocycles. The molecule has 0 spiro atoms. The average molecular weight is 255 g/mol. The number of likely N-dealkylation sites (N-methyl/N-ethyl adjacent to an activating group) is 1. The van der Waals surface area contributed by atoms with Crippen LogP contribution in [0.25, 0.3) is 0 Å². The number of carbonyl (C=O) groups is 1. The minimum atomic E-state index is 0.283. The van der Waals surface area contributed by atoms with Crippen molar-refractivity contribution in [3.8, 4) is 0 Å². The summed E-state index contributed by atoms with van der Waals surface area (Å²) in [6, 6.07) is 0.462. The molecular weight excluding hydrogens is 226 g/mol. The van der Waals surface area contributed by atoms with Gasteiger partial charge in [-0.05, 0) is 38.8 Å². The van der Waals surface area contributed by atoms with E-state index in [-0.39, 0.29) is 5.91 Å². The lowest BCUT2D eigenvalue weighted by molar-refractivity contribution is -0.134. The maximum atomic E-state index is 12.3. The van der Waals surface area contributed by atoms with Gasteiger partial charge in [0.2, 0.25) is 5.91 Å². The van der Waals surface area contributed by atoms with Gasteiger partial charge in [-0.15, -0.1) is 0 Å². The van der Waals surface area contributed by atoms with Gasteiger partial charge in [0.1, 0.15) is 0 Å². The monoisotopic (exact) mass is 255 g/mol. The predicted octanol–water partition coefficient (Wildman–Crippen LogP) is 1.16. The van der Waals surface area contributed by atoms with Crippen molar-refractivity contribution in [2.45, 2.75) is 39.7 Å². The Balaban J connectivity index is 2.44. The molecule has 0 aromatic rings. The first kappa shape index (κ1) is 15.4. The van der Waals surface area contributed by atoms with E-state index in [9.17, 15) is 4.79 Å². The van der Waals surface area contributed by atoms with Gasteiger partial charge in [0, 0.05) is 32.1 Å². The first-order chi connectivity index (χ1) is 8.43. The van der Waals surface area contributed by atoms with Crippen molar-refractivity contribution >= 4 is 5.91 Å². The predicted molar refractivity (Wildman–Crippen MR) is 75.3 cm³/mol. The maximum Gasteiger partial charge on any atom is 0.222 e. The third kappa shape index (κ3) is 4.58. The van der Waals surface area contributed by atoms with Crippen LogP contribution in [0.1, 0.15) is 33.6 Å². The molecule has 0 saturated carbocycles. The molecule has 2 atom stereocenters. The zero-order valence-electron chi connectivity index (χ0n) is 12.4. The molecule has 1 aliphatic heterocycles. The molecule has 1 fully saturated rings. The van der Waals surface area contributed by atoms with E-state index in [0.717, 1.165) is 26.1 Å². The number of piperazine rings is 1. The van der Waals surface area contributed by atoms with Gasteiger partial charge < -0.3 is 15.5 Å². The zero-order chi connectivity index (χ0) is 13.7. The molecule has 1 aliphatic rings. The van der Waals surface area contributed by atoms with Crippen LogP contribution in [0.2, 0.25) is 0 Å². The third-order valence-electron chi connectivity index (χ3n) is 3.91. The van der Waals surface area contributed by atoms with E-state index in [1.807, 2.05) is 4.90 Å². The summed E-state index contributed by atoms with van der Waals surface area (Å²) in [6.45, 7) is 9.86. The van der Waals surface area contributed by atoms with Crippen LogP contribution in [0.15, 0.2) is 0 Å². The second-order valence-electron chi connectivity index (χ2n) is 6.10. The lowest BCUT2D eigenvalue weighted by Gasteiger charge is -2.38. The van der Waals surface area contributed by atoms with Crippen molar-refractivity contribution in [3.05, 3.63) is 0 Å². The van der Waals surface area contributed by atoms with Crippen LogP contribution in [0.4, 0.5) is 0 Å². The van der Waals surface area contributed by atoms with E-state index < -0.39 is 0 Å². The number of amides is 1. The fraction of sp³-hybridized carbons (Fsp3) is 0.929. The molecule has 4 heteroatoms. The van der Waals surface area contributed by atoms with Crippen LogP contribution in [-0.4, -0.2) is 55.0 Å². The summed E-state index contributed by atoms with van der Waals surface area (Å²) in [5.74, 6) is 1.23. The van der Waals surface area contributed by atoms with Gasteiger partial charge in [0.25, 0.3) is 0 Å². The van der Waals surface area contributed by atoms with Gasteiger partial charge in [0.05, 0.1) is 0 Å². The van der Waals surface area contributed by atoms with E-state index in [1.54, 1.807) is 0 Å².